The van der Waals surface area contributed by atoms with Gasteiger partial charge in [-0.15, -0.1) is 0 Å². The first-order valence-electron chi connectivity index (χ1n) is 8.18. The van der Waals surface area contributed by atoms with Gasteiger partial charge in [0.1, 0.15) is 13.1 Å². The maximum absolute atomic E-state index is 11.8. The molecule has 8 heteroatoms. The van der Waals surface area contributed by atoms with E-state index in [1.54, 1.807) is 0 Å². The first-order valence-corrected chi connectivity index (χ1v) is 8.59. The van der Waals surface area contributed by atoms with E-state index >= 15 is 0 Å². The number of quaternary nitrogens is 1. The lowest BCUT2D eigenvalue weighted by molar-refractivity contribution is -0.906. The summed E-state index contributed by atoms with van der Waals surface area (Å²) in [6, 6.07) is 7.87. The number of anilines is 1. The van der Waals surface area contributed by atoms with Crippen molar-refractivity contribution in [3.8, 4) is 0 Å². The maximum Gasteiger partial charge on any atom is 0.257 e. The summed E-state index contributed by atoms with van der Waals surface area (Å²) in [5, 5.41) is 6.56. The predicted molar refractivity (Wildman–Crippen MR) is 97.9 cm³/mol. The van der Waals surface area contributed by atoms with Crippen molar-refractivity contribution in [2.45, 2.75) is 6.92 Å². The van der Waals surface area contributed by atoms with Crippen LogP contribution in [0.25, 0.3) is 0 Å². The molecule has 1 heterocycles. The Balaban J connectivity index is 1.53. The van der Waals surface area contributed by atoms with Crippen LogP contribution in [-0.4, -0.2) is 57.0 Å². The molecule has 0 bridgehead atoms. The predicted octanol–water partition coefficient (Wildman–Crippen LogP) is -1.18. The highest BCUT2D eigenvalue weighted by Gasteiger charge is 2.12. The number of amides is 1. The summed E-state index contributed by atoms with van der Waals surface area (Å²) in [6.07, 6.45) is 0. The quantitative estimate of drug-likeness (QED) is 0.328. The SMILES string of the molecule is Cc1ccc(NCC(=O)NNC(=S)NCC[NH+]2CCOCC2)cc1. The average molecular weight is 352 g/mol. The number of morpholine rings is 1. The Morgan fingerprint density at radius 1 is 1.21 bits per heavy atom. The van der Waals surface area contributed by atoms with Gasteiger partial charge in [-0.3, -0.25) is 15.6 Å². The molecule has 24 heavy (non-hydrogen) atoms. The fourth-order valence-electron chi connectivity index (χ4n) is 2.33. The summed E-state index contributed by atoms with van der Waals surface area (Å²) in [5.41, 5.74) is 7.37. The summed E-state index contributed by atoms with van der Waals surface area (Å²) >= 11 is 5.14. The number of thiocarbonyl (C=S) groups is 1. The van der Waals surface area contributed by atoms with Crippen molar-refractivity contribution in [2.24, 2.45) is 0 Å². The van der Waals surface area contributed by atoms with Gasteiger partial charge in [0, 0.05) is 5.69 Å². The molecule has 1 aromatic carbocycles. The zero-order valence-electron chi connectivity index (χ0n) is 14.0. The minimum atomic E-state index is -0.182. The highest BCUT2D eigenvalue weighted by Crippen LogP contribution is 2.07. The topological polar surface area (TPSA) is 78.9 Å². The van der Waals surface area contributed by atoms with Gasteiger partial charge in [-0.2, -0.15) is 0 Å². The molecule has 0 aromatic heterocycles. The molecule has 0 saturated carbocycles. The molecule has 0 radical (unpaired) electrons. The first kappa shape index (κ1) is 18.4. The summed E-state index contributed by atoms with van der Waals surface area (Å²) in [7, 11) is 0. The molecule has 0 unspecified atom stereocenters. The van der Waals surface area contributed by atoms with Crippen LogP contribution in [0.3, 0.4) is 0 Å². The van der Waals surface area contributed by atoms with Crippen molar-refractivity contribution in [3.63, 3.8) is 0 Å². The van der Waals surface area contributed by atoms with Crippen LogP contribution in [0, 0.1) is 6.92 Å². The van der Waals surface area contributed by atoms with Crippen molar-refractivity contribution in [3.05, 3.63) is 29.8 Å². The number of aryl methyl sites for hydroxylation is 1. The minimum Gasteiger partial charge on any atom is -0.376 e. The number of hydrazine groups is 1. The lowest BCUT2D eigenvalue weighted by Gasteiger charge is -2.24. The third kappa shape index (κ3) is 7.12. The number of rotatable bonds is 6. The van der Waals surface area contributed by atoms with Crippen molar-refractivity contribution in [2.75, 3.05) is 51.3 Å². The van der Waals surface area contributed by atoms with Gasteiger partial charge in [0.2, 0.25) is 0 Å². The second-order valence-electron chi connectivity index (χ2n) is 5.76. The van der Waals surface area contributed by atoms with Crippen LogP contribution in [0.4, 0.5) is 5.69 Å². The van der Waals surface area contributed by atoms with Crippen molar-refractivity contribution >= 4 is 28.9 Å². The Labute approximate surface area is 148 Å². The highest BCUT2D eigenvalue weighted by molar-refractivity contribution is 7.80. The van der Waals surface area contributed by atoms with Crippen molar-refractivity contribution < 1.29 is 14.4 Å². The standard InChI is InChI=1S/C16H25N5O2S/c1-13-2-4-14(5-3-13)18-12-15(22)19-20-16(24)17-6-7-21-8-10-23-11-9-21/h2-5,18H,6-12H2,1H3,(H,19,22)(H2,17,20,24)/p+1. The summed E-state index contributed by atoms with van der Waals surface area (Å²) in [6.45, 7) is 7.65. The first-order chi connectivity index (χ1) is 11.6. The molecule has 0 atom stereocenters. The fraction of sp³-hybridized carbons (Fsp3) is 0.500. The van der Waals surface area contributed by atoms with Crippen LogP contribution in [0.2, 0.25) is 0 Å². The largest absolute Gasteiger partial charge is 0.376 e. The molecule has 1 aliphatic heterocycles. The second kappa shape index (κ2) is 10.1. The molecule has 1 aliphatic rings. The average Bonchev–Trinajstić information content (AvgIpc) is 2.60. The van der Waals surface area contributed by atoms with E-state index < -0.39 is 0 Å². The van der Waals surface area contributed by atoms with Crippen LogP contribution in [0.5, 0.6) is 0 Å². The van der Waals surface area contributed by atoms with Crippen molar-refractivity contribution in [1.29, 1.82) is 0 Å². The molecule has 1 aromatic rings. The molecule has 0 aliphatic carbocycles. The number of ether oxygens (including phenoxy) is 1. The molecule has 132 valence electrons. The highest BCUT2D eigenvalue weighted by atomic mass is 32.1. The van der Waals surface area contributed by atoms with Gasteiger partial charge in [0.15, 0.2) is 5.11 Å². The molecular formula is C16H26N5O2S+. The minimum absolute atomic E-state index is 0.177. The van der Waals surface area contributed by atoms with Gasteiger partial charge in [-0.25, -0.2) is 0 Å². The van der Waals surface area contributed by atoms with E-state index in [0.717, 1.165) is 45.1 Å². The molecular weight excluding hydrogens is 326 g/mol. The molecule has 1 amide bonds. The van der Waals surface area contributed by atoms with E-state index in [1.807, 2.05) is 31.2 Å². The molecule has 1 saturated heterocycles. The Hall–Kier alpha value is -1.90. The van der Waals surface area contributed by atoms with Crippen LogP contribution < -0.4 is 26.4 Å². The Morgan fingerprint density at radius 2 is 1.92 bits per heavy atom. The maximum atomic E-state index is 11.8. The number of carbonyl (C=O) groups is 1. The van der Waals surface area contributed by atoms with Gasteiger partial charge in [0.25, 0.3) is 5.91 Å². The fourth-order valence-corrected chi connectivity index (χ4v) is 2.48. The molecule has 1 fully saturated rings. The normalized spacial score (nSPS) is 14.7. The zero-order chi connectivity index (χ0) is 17.2. The van der Waals surface area contributed by atoms with Crippen LogP contribution >= 0.6 is 12.2 Å². The lowest BCUT2D eigenvalue weighted by Crippen LogP contribution is -3.14. The van der Waals surface area contributed by atoms with Gasteiger partial charge in [-0.1, -0.05) is 17.7 Å². The number of hydrogen-bond acceptors (Lipinski definition) is 4. The molecule has 7 nitrogen and oxygen atoms in total. The van der Waals surface area contributed by atoms with Gasteiger partial charge in [-0.05, 0) is 31.3 Å². The van der Waals surface area contributed by atoms with E-state index in [1.165, 1.54) is 10.5 Å². The molecule has 0 spiro atoms. The van der Waals surface area contributed by atoms with Crippen LogP contribution in [0.1, 0.15) is 5.56 Å². The summed E-state index contributed by atoms with van der Waals surface area (Å²) in [5.74, 6) is -0.182. The van der Waals surface area contributed by atoms with Crippen molar-refractivity contribution in [1.82, 2.24) is 16.2 Å². The smallest absolute Gasteiger partial charge is 0.257 e. The van der Waals surface area contributed by atoms with E-state index in [4.69, 9.17) is 17.0 Å². The number of hydrogen-bond donors (Lipinski definition) is 5. The van der Waals surface area contributed by atoms with Gasteiger partial charge < -0.3 is 20.3 Å². The van der Waals surface area contributed by atoms with E-state index in [0.29, 0.717) is 5.11 Å². The number of benzene rings is 1. The molecule has 5 N–H and O–H groups in total. The number of carbonyl (C=O) groups excluding carboxylic acids is 1. The summed E-state index contributed by atoms with van der Waals surface area (Å²) in [4.78, 5) is 13.3. The van der Waals surface area contributed by atoms with E-state index in [-0.39, 0.29) is 12.5 Å². The lowest BCUT2D eigenvalue weighted by atomic mass is 10.2. The van der Waals surface area contributed by atoms with Gasteiger partial charge >= 0.3 is 0 Å². The third-order valence-corrected chi connectivity index (χ3v) is 4.03. The van der Waals surface area contributed by atoms with E-state index in [9.17, 15) is 4.79 Å². The third-order valence-electron chi connectivity index (χ3n) is 3.78. The van der Waals surface area contributed by atoms with Crippen LogP contribution in [0.15, 0.2) is 24.3 Å². The zero-order valence-corrected chi connectivity index (χ0v) is 14.8. The Kier molecular flexibility index (Phi) is 7.73. The Morgan fingerprint density at radius 3 is 2.62 bits per heavy atom. The molecule has 2 rings (SSSR count). The number of nitrogens with one attached hydrogen (secondary N) is 5. The van der Waals surface area contributed by atoms with Crippen LogP contribution in [-0.2, 0) is 9.53 Å². The van der Waals surface area contributed by atoms with Gasteiger partial charge in [0.05, 0.1) is 32.8 Å². The summed E-state index contributed by atoms with van der Waals surface area (Å²) < 4.78 is 5.32. The second-order valence-corrected chi connectivity index (χ2v) is 6.17. The Bertz CT molecular complexity index is 532. The monoisotopic (exact) mass is 352 g/mol. The van der Waals surface area contributed by atoms with E-state index in [2.05, 4.69) is 21.5 Å².